The maximum Gasteiger partial charge on any atom is 0.332 e. The number of nitrogens with zero attached hydrogens (tertiary/aromatic N) is 6. The fraction of sp³-hybridized carbons (Fsp3) is 0.500. The van der Waals surface area contributed by atoms with Gasteiger partial charge in [-0.15, -0.1) is 3.89 Å². The van der Waals surface area contributed by atoms with E-state index in [0.29, 0.717) is 76.0 Å². The second kappa shape index (κ2) is 19.9. The molecule has 3 aromatic carbocycles. The fourth-order valence-corrected chi connectivity index (χ4v) is 12.3. The van der Waals surface area contributed by atoms with E-state index in [1.807, 2.05) is 15.9 Å². The molecule has 0 radical (unpaired) electrons. The highest BCUT2D eigenvalue weighted by Crippen LogP contribution is 2.50. The summed E-state index contributed by atoms with van der Waals surface area (Å²) in [6.45, 7) is 4.37. The number of imide groups is 1. The summed E-state index contributed by atoms with van der Waals surface area (Å²) in [6.07, 6.45) is 6.69. The van der Waals surface area contributed by atoms with Crippen LogP contribution in [0.15, 0.2) is 64.5 Å². The predicted octanol–water partition coefficient (Wildman–Crippen LogP) is 4.91. The summed E-state index contributed by atoms with van der Waals surface area (Å²) in [5.74, 6) is -2.39. The summed E-state index contributed by atoms with van der Waals surface area (Å²) < 4.78 is 97.6. The summed E-state index contributed by atoms with van der Waals surface area (Å²) in [5.41, 5.74) is -0.372. The number of carbonyl (C=O) groups excluding carboxylic acids is 3. The Morgan fingerprint density at radius 1 is 1.01 bits per heavy atom. The van der Waals surface area contributed by atoms with Crippen molar-refractivity contribution in [1.29, 1.82) is 5.26 Å². The van der Waals surface area contributed by atoms with Gasteiger partial charge in [-0.25, -0.2) is 9.37 Å². The van der Waals surface area contributed by atoms with Gasteiger partial charge in [-0.2, -0.15) is 26.4 Å². The van der Waals surface area contributed by atoms with Gasteiger partial charge in [0.25, 0.3) is 5.56 Å². The number of benzene rings is 3. The van der Waals surface area contributed by atoms with E-state index < -0.39 is 60.4 Å². The van der Waals surface area contributed by atoms with Gasteiger partial charge < -0.3 is 19.7 Å². The van der Waals surface area contributed by atoms with Crippen LogP contribution in [-0.4, -0.2) is 123 Å². The summed E-state index contributed by atoms with van der Waals surface area (Å²) in [4.78, 5) is 59.8. The first-order valence-electron chi connectivity index (χ1n) is 23.8. The molecule has 19 nitrogen and oxygen atoms in total. The van der Waals surface area contributed by atoms with E-state index in [1.165, 1.54) is 25.2 Å². The van der Waals surface area contributed by atoms with Crippen LogP contribution in [0.5, 0.6) is 11.5 Å². The van der Waals surface area contributed by atoms with Crippen molar-refractivity contribution in [3.63, 3.8) is 0 Å². The monoisotopic (exact) mass is 1020 g/mol. The minimum atomic E-state index is -5.11. The molecule has 71 heavy (non-hydrogen) atoms. The van der Waals surface area contributed by atoms with Crippen molar-refractivity contribution in [2.45, 2.75) is 93.2 Å². The number of fused-ring (bicyclic) bond motifs is 1. The number of ether oxygens (including phenoxy) is 2. The summed E-state index contributed by atoms with van der Waals surface area (Å²) in [7, 11) is -7.81. The normalized spacial score (nSPS) is 21.5. The molecule has 9 rings (SSSR count). The van der Waals surface area contributed by atoms with Crippen LogP contribution in [-0.2, 0) is 39.6 Å². The van der Waals surface area contributed by atoms with Crippen LogP contribution in [0.4, 0.5) is 19.7 Å². The van der Waals surface area contributed by atoms with Gasteiger partial charge in [0.15, 0.2) is 11.6 Å². The Bertz CT molecular complexity index is 3090. The number of likely N-dealkylation sites (tertiary alicyclic amines) is 2. The molecule has 3 amide bonds. The molecule has 5 aliphatic rings. The molecule has 4 aromatic rings. The molecule has 378 valence electrons. The number of anilines is 2. The Kier molecular flexibility index (Phi) is 14.0. The number of carbonyl (C=O) groups is 3. The smallest absolute Gasteiger partial charge is 0.332 e. The van der Waals surface area contributed by atoms with Crippen molar-refractivity contribution in [2.24, 2.45) is 11.8 Å². The lowest BCUT2D eigenvalue weighted by Crippen LogP contribution is -2.50. The lowest BCUT2D eigenvalue weighted by molar-refractivity contribution is -0.137. The summed E-state index contributed by atoms with van der Waals surface area (Å²) in [6, 6.07) is 11.8. The van der Waals surface area contributed by atoms with E-state index in [1.54, 1.807) is 36.0 Å². The maximum absolute atomic E-state index is 15.3. The molecule has 1 spiro atoms. The Morgan fingerprint density at radius 2 is 1.76 bits per heavy atom. The zero-order chi connectivity index (χ0) is 50.4. The predicted molar refractivity (Wildman–Crippen MR) is 255 cm³/mol. The average molecular weight is 1020 g/mol. The van der Waals surface area contributed by atoms with Gasteiger partial charge in [-0.05, 0) is 124 Å². The van der Waals surface area contributed by atoms with Crippen LogP contribution >= 0.6 is 0 Å². The van der Waals surface area contributed by atoms with Crippen molar-refractivity contribution in [3.8, 4) is 17.6 Å². The van der Waals surface area contributed by atoms with Crippen LogP contribution in [0.1, 0.15) is 87.8 Å². The van der Waals surface area contributed by atoms with Crippen molar-refractivity contribution >= 4 is 60.4 Å². The highest BCUT2D eigenvalue weighted by molar-refractivity contribution is 7.90. The fourth-order valence-electron chi connectivity index (χ4n) is 10.5. The summed E-state index contributed by atoms with van der Waals surface area (Å²) >= 11 is 0. The number of aromatic nitrogens is 2. The minimum absolute atomic E-state index is 0.0151. The second-order valence-corrected chi connectivity index (χ2v) is 22.3. The lowest BCUT2D eigenvalue weighted by atomic mass is 9.82. The zero-order valence-corrected chi connectivity index (χ0v) is 40.9. The van der Waals surface area contributed by atoms with E-state index in [0.717, 1.165) is 29.3 Å². The molecular formula is C48H55F2N9O10S2. The number of nitrogens with one attached hydrogen (secondary N) is 3. The molecule has 4 aliphatic heterocycles. The number of halogens is 2. The van der Waals surface area contributed by atoms with E-state index in [9.17, 15) is 45.2 Å². The maximum atomic E-state index is 15.3. The number of hydrogen-bond acceptors (Lipinski definition) is 14. The standard InChI is InChI=1S/C48H55F2N9O10S2/c1-3-56(2)71(66,67)55-39-11-9-37(49)45(36(39)25-51)69-33-7-10-38-35(23-33)47(63)59(28-52-38)44(30-4-5-30)31-24-48(68-27-31)16-20-58(21-17-48)43(61)26-57-18-14-29(15-19-57)34-8-6-32(22-41(34)70(50,64)65)53-40-12-13-42(60)54-46(40)62/h6-11,22-23,28-31,40,44,53,55H,3-5,12-21,24,26-27H2,1-2H3,(H,54,60,62)/t31?,40?,44-/m1/s1. The van der Waals surface area contributed by atoms with Crippen LogP contribution in [0, 0.1) is 29.0 Å². The van der Waals surface area contributed by atoms with E-state index in [-0.39, 0.29) is 89.3 Å². The largest absolute Gasteiger partial charge is 0.453 e. The number of nitriles is 1. The second-order valence-electron chi connectivity index (χ2n) is 19.2. The Morgan fingerprint density at radius 3 is 2.44 bits per heavy atom. The molecule has 23 heteroatoms. The Labute approximate surface area is 409 Å². The van der Waals surface area contributed by atoms with E-state index in [2.05, 4.69) is 20.3 Å². The van der Waals surface area contributed by atoms with E-state index >= 15 is 4.39 Å². The molecule has 5 fully saturated rings. The quantitative estimate of drug-likeness (QED) is 0.106. The molecule has 1 aliphatic carbocycles. The summed E-state index contributed by atoms with van der Waals surface area (Å²) in [5, 5.41) is 15.4. The van der Waals surface area contributed by atoms with Gasteiger partial charge >= 0.3 is 20.4 Å². The molecule has 3 N–H and O–H groups in total. The van der Waals surface area contributed by atoms with Crippen LogP contribution < -0.4 is 25.7 Å². The third-order valence-electron chi connectivity index (χ3n) is 14.7. The SMILES string of the molecule is CCN(C)S(=O)(=O)Nc1ccc(F)c(Oc2ccc3ncn([C@H](C4CC4)C4COC5(CCN(C(=O)CN6CCC(c7ccc(NC8CCC(=O)NC8=O)cc7S(=O)(=O)F)CC6)CC5)C4)c(=O)c3c2)c1C#N. The molecule has 1 aromatic heterocycles. The first-order chi connectivity index (χ1) is 33.8. The van der Waals surface area contributed by atoms with E-state index in [4.69, 9.17) is 9.47 Å². The number of piperidine rings is 3. The third kappa shape index (κ3) is 10.6. The van der Waals surface area contributed by atoms with Gasteiger partial charge in [0, 0.05) is 50.7 Å². The first kappa shape index (κ1) is 49.9. The van der Waals surface area contributed by atoms with Gasteiger partial charge in [0.05, 0.1) is 41.7 Å². The van der Waals surface area contributed by atoms with Gasteiger partial charge in [0.1, 0.15) is 28.3 Å². The number of rotatable bonds is 15. The third-order valence-corrected chi connectivity index (χ3v) is 17.1. The number of amides is 3. The topological polar surface area (TPSA) is 242 Å². The molecule has 1 saturated carbocycles. The van der Waals surface area contributed by atoms with Crippen molar-refractivity contribution in [1.82, 2.24) is 29.0 Å². The molecule has 0 bridgehead atoms. The molecular weight excluding hydrogens is 965 g/mol. The molecule has 5 heterocycles. The first-order valence-corrected chi connectivity index (χ1v) is 26.7. The van der Waals surface area contributed by atoms with Crippen LogP contribution in [0.25, 0.3) is 10.9 Å². The molecule has 3 atom stereocenters. The van der Waals surface area contributed by atoms with Gasteiger partial charge in [-0.1, -0.05) is 13.0 Å². The highest BCUT2D eigenvalue weighted by atomic mass is 32.3. The van der Waals surface area contributed by atoms with Gasteiger partial charge in [0.2, 0.25) is 17.7 Å². The van der Waals surface area contributed by atoms with Crippen LogP contribution in [0.2, 0.25) is 0 Å². The van der Waals surface area contributed by atoms with Gasteiger partial charge in [-0.3, -0.25) is 38.7 Å². The number of hydrogen-bond donors (Lipinski definition) is 3. The molecule has 2 unspecified atom stereocenters. The van der Waals surface area contributed by atoms with Crippen molar-refractivity contribution < 1.29 is 49.0 Å². The van der Waals surface area contributed by atoms with Crippen molar-refractivity contribution in [2.75, 3.05) is 63.0 Å². The molecule has 4 saturated heterocycles. The van der Waals surface area contributed by atoms with Crippen LogP contribution in [0.3, 0.4) is 0 Å². The van der Waals surface area contributed by atoms with Crippen molar-refractivity contribution in [3.05, 3.63) is 82.2 Å². The Hall–Kier alpha value is -6.06. The Balaban J connectivity index is 0.813. The lowest BCUT2D eigenvalue weighted by Gasteiger charge is -2.40. The zero-order valence-electron chi connectivity index (χ0n) is 39.2. The highest BCUT2D eigenvalue weighted by Gasteiger charge is 2.49. The average Bonchev–Trinajstić information content (AvgIpc) is 4.11. The minimum Gasteiger partial charge on any atom is -0.453 e.